The van der Waals surface area contributed by atoms with Crippen LogP contribution in [-0.2, 0) is 32.5 Å². The van der Waals surface area contributed by atoms with Gasteiger partial charge in [0.25, 0.3) is 29.1 Å². The number of nitrogens with zero attached hydrogens (tertiary/aromatic N) is 9. The van der Waals surface area contributed by atoms with Gasteiger partial charge in [-0.1, -0.05) is 164 Å². The number of thiazole rings is 3. The SMILES string of the molecule is O=[N+]([O-])c1ccc(C[C@H](N=C=S)c2csc(-c3ccccc3)n2)cc1.O=[N+]([O-])c1ccc(C[C@H](Nc2ncc(-c3cccc(CO)c3)o2)c2csc(-c3ccccc3)n2)cc1.O=[N+]([O-])c1ccc(C[C@H](Nc2ncc(-c3cccc(CO)c3)o2)c2csc(-c3ccccc3)n2)cc1. The molecule has 0 aliphatic rings. The molecule has 4 N–H and O–H groups in total. The van der Waals surface area contributed by atoms with Crippen LogP contribution in [0.5, 0.6) is 0 Å². The molecule has 0 saturated carbocycles. The number of nitro groups is 3. The standard InChI is InChI=1S/2C27H22N4O4S.C18H13N3O2S2/c2*32-16-19-5-4-8-21(13-19)25-15-28-27(35-25)30-23(14-18-9-11-22(12-10-18)31(33)34)24-17-36-26(29-24)20-6-2-1-3-7-20;22-21(23)15-8-6-13(7-9-15)10-16(19-12-24)17-11-25-18(20-17)14-4-2-1-3-5-14/h2*1-13,15,17,23,32H,14,16H2,(H,28,30);1-9,11,16H,10H2/t2*23-;16-/m000/s1. The van der Waals surface area contributed by atoms with Gasteiger partial charge in [-0.15, -0.1) is 34.0 Å². The third-order valence-electron chi connectivity index (χ3n) is 15.0. The smallest absolute Gasteiger partial charge is 0.295 e. The minimum Gasteiger partial charge on any atom is -0.424 e. The van der Waals surface area contributed by atoms with E-state index in [-0.39, 0.29) is 48.4 Å². The van der Waals surface area contributed by atoms with Crippen LogP contribution in [0.4, 0.5) is 29.1 Å². The van der Waals surface area contributed by atoms with Crippen LogP contribution in [0.15, 0.2) is 255 Å². The lowest BCUT2D eigenvalue weighted by atomic mass is 10.0. The second kappa shape index (κ2) is 32.6. The first-order chi connectivity index (χ1) is 47.3. The van der Waals surface area contributed by atoms with Crippen molar-refractivity contribution in [3.63, 3.8) is 0 Å². The monoisotopic (exact) mass is 1360 g/mol. The summed E-state index contributed by atoms with van der Waals surface area (Å²) in [5.41, 5.74) is 11.7. The van der Waals surface area contributed by atoms with E-state index in [4.69, 9.17) is 31.0 Å². The molecule has 0 radical (unpaired) electrons. The van der Waals surface area contributed by atoms with Crippen molar-refractivity contribution < 1.29 is 33.8 Å². The van der Waals surface area contributed by atoms with Crippen molar-refractivity contribution in [2.24, 2.45) is 4.99 Å². The van der Waals surface area contributed by atoms with E-state index < -0.39 is 14.8 Å². The van der Waals surface area contributed by atoms with Crippen molar-refractivity contribution in [2.45, 2.75) is 50.6 Å². The number of isothiocyanates is 1. The van der Waals surface area contributed by atoms with Crippen molar-refractivity contribution in [3.8, 4) is 54.4 Å². The van der Waals surface area contributed by atoms with E-state index in [0.717, 1.165) is 87.7 Å². The lowest BCUT2D eigenvalue weighted by Crippen LogP contribution is -2.14. The van der Waals surface area contributed by atoms with Gasteiger partial charge in [0.1, 0.15) is 21.1 Å². The van der Waals surface area contributed by atoms with Gasteiger partial charge < -0.3 is 29.7 Å². The number of hydrogen-bond donors (Lipinski definition) is 4. The largest absolute Gasteiger partial charge is 0.424 e. The molecule has 0 aliphatic carbocycles. The quantitative estimate of drug-likeness (QED) is 0.0189. The summed E-state index contributed by atoms with van der Waals surface area (Å²) >= 11 is 9.42. The first-order valence-electron chi connectivity index (χ1n) is 30.0. The Bertz CT molecular complexity index is 4570. The number of aliphatic hydroxyl groups excluding tert-OH is 2. The lowest BCUT2D eigenvalue weighted by molar-refractivity contribution is -0.385. The molecule has 0 unspecified atom stereocenters. The average Bonchev–Trinajstić information content (AvgIpc) is 1.74. The Balaban J connectivity index is 0.000000150. The third kappa shape index (κ3) is 18.1. The molecule has 3 atom stereocenters. The predicted octanol–water partition coefficient (Wildman–Crippen LogP) is 17.6. The Morgan fingerprint density at radius 2 is 0.784 bits per heavy atom. The molecule has 0 aliphatic heterocycles. The molecule has 0 saturated heterocycles. The predicted molar refractivity (Wildman–Crippen MR) is 379 cm³/mol. The van der Waals surface area contributed by atoms with Crippen LogP contribution >= 0.6 is 46.2 Å². The molecule has 21 nitrogen and oxygen atoms in total. The van der Waals surface area contributed by atoms with E-state index in [1.807, 2.05) is 156 Å². The summed E-state index contributed by atoms with van der Waals surface area (Å²) in [6.45, 7) is -0.115. The molecule has 484 valence electrons. The van der Waals surface area contributed by atoms with Gasteiger partial charge in [0.15, 0.2) is 11.5 Å². The Morgan fingerprint density at radius 3 is 1.13 bits per heavy atom. The van der Waals surface area contributed by atoms with Gasteiger partial charge >= 0.3 is 0 Å². The van der Waals surface area contributed by atoms with E-state index in [0.29, 0.717) is 42.8 Å². The van der Waals surface area contributed by atoms with Gasteiger partial charge in [-0.25, -0.2) is 29.9 Å². The number of benzene rings is 8. The van der Waals surface area contributed by atoms with Crippen LogP contribution in [0.1, 0.15) is 63.0 Å². The highest BCUT2D eigenvalue weighted by molar-refractivity contribution is 7.78. The van der Waals surface area contributed by atoms with Crippen LogP contribution in [0.3, 0.4) is 0 Å². The van der Waals surface area contributed by atoms with E-state index in [2.05, 4.69) is 35.7 Å². The van der Waals surface area contributed by atoms with E-state index in [1.54, 1.807) is 82.8 Å². The number of rotatable bonds is 24. The van der Waals surface area contributed by atoms with Gasteiger partial charge in [0, 0.05) is 86.8 Å². The molecule has 8 aromatic carbocycles. The summed E-state index contributed by atoms with van der Waals surface area (Å²) in [6, 6.07) is 64.0. The van der Waals surface area contributed by atoms with Gasteiger partial charge in [0.05, 0.1) is 74.7 Å². The number of nitrogens with one attached hydrogen (secondary N) is 2. The topological polar surface area (TPSA) is 297 Å². The fourth-order valence-corrected chi connectivity index (χ4v) is 12.8. The lowest BCUT2D eigenvalue weighted by Gasteiger charge is -2.16. The number of aliphatic hydroxyl groups is 2. The number of hydrogen-bond acceptors (Lipinski definition) is 22. The zero-order valence-corrected chi connectivity index (χ0v) is 54.4. The second-order valence-electron chi connectivity index (χ2n) is 21.6. The molecule has 13 aromatic rings. The van der Waals surface area contributed by atoms with Crippen LogP contribution in [-0.4, -0.2) is 55.1 Å². The molecular weight excluding hydrogens is 1310 g/mol. The summed E-state index contributed by atoms with van der Waals surface area (Å²) < 4.78 is 12.0. The number of nitro benzene ring substituents is 3. The Labute approximate surface area is 572 Å². The molecule has 0 amide bonds. The molecule has 0 spiro atoms. The number of thiocarbonyl (C=S) groups is 1. The maximum absolute atomic E-state index is 11.0. The number of aliphatic imine (C=N–C) groups is 1. The van der Waals surface area contributed by atoms with E-state index in [1.165, 1.54) is 36.4 Å². The average molecular weight is 1360 g/mol. The summed E-state index contributed by atoms with van der Waals surface area (Å²) in [5.74, 6) is 1.15. The highest BCUT2D eigenvalue weighted by Gasteiger charge is 2.23. The van der Waals surface area contributed by atoms with Crippen molar-refractivity contribution in [1.29, 1.82) is 0 Å². The molecule has 25 heteroatoms. The highest BCUT2D eigenvalue weighted by Crippen LogP contribution is 2.35. The fourth-order valence-electron chi connectivity index (χ4n) is 10.1. The minimum atomic E-state index is -0.414. The van der Waals surface area contributed by atoms with Gasteiger partial charge in [0.2, 0.25) is 0 Å². The summed E-state index contributed by atoms with van der Waals surface area (Å²) in [7, 11) is 0. The highest BCUT2D eigenvalue weighted by atomic mass is 32.1. The van der Waals surface area contributed by atoms with E-state index in [9.17, 15) is 40.6 Å². The van der Waals surface area contributed by atoms with Crippen LogP contribution < -0.4 is 10.6 Å². The molecule has 0 fully saturated rings. The van der Waals surface area contributed by atoms with Gasteiger partial charge in [-0.2, -0.15) is 0 Å². The molecule has 5 heterocycles. The summed E-state index contributed by atoms with van der Waals surface area (Å²) in [6.07, 6.45) is 4.87. The number of oxazole rings is 2. The van der Waals surface area contributed by atoms with Gasteiger partial charge in [-0.05, 0) is 65.0 Å². The van der Waals surface area contributed by atoms with E-state index >= 15 is 0 Å². The van der Waals surface area contributed by atoms with Gasteiger partial charge in [-0.3, -0.25) is 30.3 Å². The fraction of sp³-hybridized carbons (Fsp3) is 0.111. The first-order valence-corrected chi connectivity index (χ1v) is 33.0. The van der Waals surface area contributed by atoms with Crippen LogP contribution in [0, 0.1) is 30.3 Å². The van der Waals surface area contributed by atoms with Crippen molar-refractivity contribution in [1.82, 2.24) is 24.9 Å². The van der Waals surface area contributed by atoms with Crippen molar-refractivity contribution in [3.05, 3.63) is 316 Å². The Morgan fingerprint density at radius 1 is 0.443 bits per heavy atom. The maximum atomic E-state index is 11.0. The Hall–Kier alpha value is -11.4. The maximum Gasteiger partial charge on any atom is 0.295 e. The third-order valence-corrected chi connectivity index (χ3v) is 17.9. The zero-order chi connectivity index (χ0) is 67.5. The second-order valence-corrected chi connectivity index (χ2v) is 24.4. The summed E-state index contributed by atoms with van der Waals surface area (Å²) in [5, 5.41) is 69.5. The first kappa shape index (κ1) is 67.0. The molecule has 5 aromatic heterocycles. The van der Waals surface area contributed by atoms with Crippen LogP contribution in [0.2, 0.25) is 0 Å². The molecular formula is C72H57N11O10S4. The Kier molecular flexibility index (Phi) is 22.5. The molecule has 97 heavy (non-hydrogen) atoms. The minimum absolute atomic E-state index is 0.0470. The summed E-state index contributed by atoms with van der Waals surface area (Å²) in [4.78, 5) is 59.0. The number of aromatic nitrogens is 5. The molecule has 13 rings (SSSR count). The number of non-ortho nitro benzene ring substituents is 3. The zero-order valence-electron chi connectivity index (χ0n) is 51.2. The van der Waals surface area contributed by atoms with Crippen molar-refractivity contribution >= 4 is 80.5 Å². The van der Waals surface area contributed by atoms with Crippen molar-refractivity contribution in [2.75, 3.05) is 10.6 Å². The van der Waals surface area contributed by atoms with Crippen LogP contribution in [0.25, 0.3) is 54.4 Å². The normalized spacial score (nSPS) is 11.7. The molecule has 0 bridgehead atoms. The number of anilines is 2.